The fraction of sp³-hybridized carbons (Fsp3) is 0.538. The average molecular weight is 235 g/mol. The second-order valence-corrected chi connectivity index (χ2v) is 4.10. The van der Waals surface area contributed by atoms with Gasteiger partial charge in [-0.2, -0.15) is 0 Å². The maximum absolute atomic E-state index is 11.7. The third-order valence-corrected chi connectivity index (χ3v) is 2.61. The summed E-state index contributed by atoms with van der Waals surface area (Å²) in [6.07, 6.45) is 5.48. The number of nitrogens with zero attached hydrogens (tertiary/aromatic N) is 2. The molecule has 0 spiro atoms. The maximum Gasteiger partial charge on any atom is 0.236 e. The fourth-order valence-corrected chi connectivity index (χ4v) is 1.48. The highest BCUT2D eigenvalue weighted by molar-refractivity contribution is 5.77. The van der Waals surface area contributed by atoms with Crippen LogP contribution in [0.1, 0.15) is 18.9 Å². The highest BCUT2D eigenvalue weighted by Gasteiger charge is 2.07. The van der Waals surface area contributed by atoms with Crippen molar-refractivity contribution in [3.8, 4) is 0 Å². The van der Waals surface area contributed by atoms with Crippen molar-refractivity contribution in [3.05, 3.63) is 30.1 Å². The number of nitrogens with one attached hydrogen (secondary N) is 1. The Morgan fingerprint density at radius 3 is 2.76 bits per heavy atom. The third-order valence-electron chi connectivity index (χ3n) is 2.61. The highest BCUT2D eigenvalue weighted by atomic mass is 16.2. The van der Waals surface area contributed by atoms with Crippen molar-refractivity contribution in [2.24, 2.45) is 0 Å². The van der Waals surface area contributed by atoms with Gasteiger partial charge in [-0.05, 0) is 37.1 Å². The number of carbonyl (C=O) groups is 1. The number of hydrogen-bond donors (Lipinski definition) is 1. The number of rotatable bonds is 7. The molecule has 0 saturated heterocycles. The van der Waals surface area contributed by atoms with Crippen LogP contribution in [-0.2, 0) is 11.2 Å². The molecule has 0 fully saturated rings. The molecule has 0 bridgehead atoms. The second kappa shape index (κ2) is 7.79. The fourth-order valence-electron chi connectivity index (χ4n) is 1.48. The molecule has 1 aromatic heterocycles. The van der Waals surface area contributed by atoms with Gasteiger partial charge in [-0.15, -0.1) is 0 Å². The molecule has 1 rings (SSSR count). The topological polar surface area (TPSA) is 45.2 Å². The molecule has 0 aliphatic rings. The predicted molar refractivity (Wildman–Crippen MR) is 68.7 cm³/mol. The van der Waals surface area contributed by atoms with Gasteiger partial charge >= 0.3 is 0 Å². The minimum atomic E-state index is 0.146. The summed E-state index contributed by atoms with van der Waals surface area (Å²) in [6, 6.07) is 3.96. The van der Waals surface area contributed by atoms with E-state index in [-0.39, 0.29) is 5.91 Å². The number of carbonyl (C=O) groups excluding carboxylic acids is 1. The lowest BCUT2D eigenvalue weighted by atomic mass is 10.2. The molecular weight excluding hydrogens is 214 g/mol. The van der Waals surface area contributed by atoms with Crippen molar-refractivity contribution in [2.75, 3.05) is 26.7 Å². The largest absolute Gasteiger partial charge is 0.344 e. The van der Waals surface area contributed by atoms with E-state index in [4.69, 9.17) is 0 Å². The number of aromatic nitrogens is 1. The Labute approximate surface area is 103 Å². The standard InChI is InChI=1S/C13H21N3O/c1-3-7-15-11-13(17)16(2)10-6-12-4-8-14-9-5-12/h4-5,8-9,15H,3,6-7,10-11H2,1-2H3. The zero-order valence-corrected chi connectivity index (χ0v) is 10.6. The number of likely N-dealkylation sites (N-methyl/N-ethyl adjacent to an activating group) is 1. The first-order valence-corrected chi connectivity index (χ1v) is 6.07. The molecule has 1 amide bonds. The minimum Gasteiger partial charge on any atom is -0.344 e. The van der Waals surface area contributed by atoms with E-state index in [0.717, 1.165) is 25.9 Å². The Bertz CT molecular complexity index is 327. The SMILES string of the molecule is CCCNCC(=O)N(C)CCc1ccncc1. The second-order valence-electron chi connectivity index (χ2n) is 4.10. The van der Waals surface area contributed by atoms with Gasteiger partial charge in [-0.1, -0.05) is 6.92 Å². The summed E-state index contributed by atoms with van der Waals surface area (Å²) in [4.78, 5) is 17.4. The summed E-state index contributed by atoms with van der Waals surface area (Å²) in [7, 11) is 1.84. The van der Waals surface area contributed by atoms with Gasteiger partial charge in [-0.25, -0.2) is 0 Å². The van der Waals surface area contributed by atoms with Crippen LogP contribution in [0.15, 0.2) is 24.5 Å². The smallest absolute Gasteiger partial charge is 0.236 e. The van der Waals surface area contributed by atoms with E-state index >= 15 is 0 Å². The van der Waals surface area contributed by atoms with Crippen LogP contribution in [0.4, 0.5) is 0 Å². The Morgan fingerprint density at radius 2 is 2.12 bits per heavy atom. The predicted octanol–water partition coefficient (Wildman–Crippen LogP) is 1.08. The summed E-state index contributed by atoms with van der Waals surface area (Å²) in [6.45, 7) is 4.16. The maximum atomic E-state index is 11.7. The van der Waals surface area contributed by atoms with Gasteiger partial charge < -0.3 is 10.2 Å². The Morgan fingerprint density at radius 1 is 1.41 bits per heavy atom. The van der Waals surface area contributed by atoms with Crippen LogP contribution in [0, 0.1) is 0 Å². The van der Waals surface area contributed by atoms with Crippen LogP contribution in [0.2, 0.25) is 0 Å². The lowest BCUT2D eigenvalue weighted by Crippen LogP contribution is -2.36. The van der Waals surface area contributed by atoms with Crippen molar-refractivity contribution in [2.45, 2.75) is 19.8 Å². The number of hydrogen-bond acceptors (Lipinski definition) is 3. The lowest BCUT2D eigenvalue weighted by molar-refractivity contribution is -0.128. The number of amides is 1. The minimum absolute atomic E-state index is 0.146. The monoisotopic (exact) mass is 235 g/mol. The summed E-state index contributed by atoms with van der Waals surface area (Å²) in [5.74, 6) is 0.146. The van der Waals surface area contributed by atoms with E-state index in [1.54, 1.807) is 17.3 Å². The molecule has 0 atom stereocenters. The van der Waals surface area contributed by atoms with Gasteiger partial charge in [0, 0.05) is 26.0 Å². The van der Waals surface area contributed by atoms with Crippen molar-refractivity contribution in [3.63, 3.8) is 0 Å². The van der Waals surface area contributed by atoms with E-state index in [0.29, 0.717) is 6.54 Å². The first kappa shape index (κ1) is 13.6. The molecule has 4 heteroatoms. The van der Waals surface area contributed by atoms with Crippen LogP contribution in [0.5, 0.6) is 0 Å². The van der Waals surface area contributed by atoms with Crippen LogP contribution in [0.25, 0.3) is 0 Å². The first-order chi connectivity index (χ1) is 8.24. The molecule has 1 N–H and O–H groups in total. The highest BCUT2D eigenvalue weighted by Crippen LogP contribution is 1.98. The molecule has 0 aliphatic carbocycles. The molecule has 94 valence electrons. The molecule has 0 aromatic carbocycles. The zero-order valence-electron chi connectivity index (χ0n) is 10.6. The Balaban J connectivity index is 2.24. The quantitative estimate of drug-likeness (QED) is 0.719. The van der Waals surface area contributed by atoms with Crippen molar-refractivity contribution < 1.29 is 4.79 Å². The van der Waals surface area contributed by atoms with Gasteiger partial charge in [0.1, 0.15) is 0 Å². The van der Waals surface area contributed by atoms with Gasteiger partial charge in [-0.3, -0.25) is 9.78 Å². The van der Waals surface area contributed by atoms with Crippen LogP contribution in [0.3, 0.4) is 0 Å². The summed E-state index contributed by atoms with van der Waals surface area (Å²) >= 11 is 0. The van der Waals surface area contributed by atoms with Crippen LogP contribution >= 0.6 is 0 Å². The molecular formula is C13H21N3O. The van der Waals surface area contributed by atoms with Gasteiger partial charge in [0.25, 0.3) is 0 Å². The van der Waals surface area contributed by atoms with E-state index in [1.807, 2.05) is 19.2 Å². The molecule has 0 radical (unpaired) electrons. The van der Waals surface area contributed by atoms with E-state index in [1.165, 1.54) is 5.56 Å². The van der Waals surface area contributed by atoms with E-state index in [9.17, 15) is 4.79 Å². The lowest BCUT2D eigenvalue weighted by Gasteiger charge is -2.17. The molecule has 1 heterocycles. The Kier molecular flexibility index (Phi) is 6.25. The molecule has 4 nitrogen and oxygen atoms in total. The summed E-state index contributed by atoms with van der Waals surface area (Å²) < 4.78 is 0. The molecule has 0 unspecified atom stereocenters. The van der Waals surface area contributed by atoms with Gasteiger partial charge in [0.2, 0.25) is 5.91 Å². The molecule has 1 aromatic rings. The summed E-state index contributed by atoms with van der Waals surface area (Å²) in [5.41, 5.74) is 1.21. The first-order valence-electron chi connectivity index (χ1n) is 6.07. The zero-order chi connectivity index (χ0) is 12.5. The van der Waals surface area contributed by atoms with Crippen LogP contribution in [-0.4, -0.2) is 42.5 Å². The van der Waals surface area contributed by atoms with Crippen molar-refractivity contribution >= 4 is 5.91 Å². The molecule has 0 aliphatic heterocycles. The van der Waals surface area contributed by atoms with E-state index < -0.39 is 0 Å². The van der Waals surface area contributed by atoms with Gasteiger partial charge in [0.15, 0.2) is 0 Å². The normalized spacial score (nSPS) is 10.2. The summed E-state index contributed by atoms with van der Waals surface area (Å²) in [5, 5.41) is 3.11. The van der Waals surface area contributed by atoms with Gasteiger partial charge in [0.05, 0.1) is 6.54 Å². The number of pyridine rings is 1. The molecule has 0 saturated carbocycles. The van der Waals surface area contributed by atoms with Crippen molar-refractivity contribution in [1.29, 1.82) is 0 Å². The Hall–Kier alpha value is -1.42. The van der Waals surface area contributed by atoms with Crippen molar-refractivity contribution in [1.82, 2.24) is 15.2 Å². The van der Waals surface area contributed by atoms with Crippen LogP contribution < -0.4 is 5.32 Å². The van der Waals surface area contributed by atoms with E-state index in [2.05, 4.69) is 17.2 Å². The third kappa shape index (κ3) is 5.45. The molecule has 17 heavy (non-hydrogen) atoms. The average Bonchev–Trinajstić information content (AvgIpc) is 2.37.